The van der Waals surface area contributed by atoms with Crippen molar-refractivity contribution in [2.24, 2.45) is 46.3 Å². The van der Waals surface area contributed by atoms with E-state index in [2.05, 4.69) is 20.8 Å². The highest BCUT2D eigenvalue weighted by Crippen LogP contribution is 2.69. The predicted octanol–water partition coefficient (Wildman–Crippen LogP) is 4.59. The van der Waals surface area contributed by atoms with Crippen LogP contribution in [0.15, 0.2) is 0 Å². The molecule has 0 aromatic heterocycles. The number of carboxylic acid groups (broad SMARTS) is 1. The molecule has 4 saturated carbocycles. The van der Waals surface area contributed by atoms with Crippen LogP contribution in [0.4, 0.5) is 0 Å². The second-order valence-corrected chi connectivity index (χ2v) is 13.1. The Morgan fingerprint density at radius 2 is 1.72 bits per heavy atom. The van der Waals surface area contributed by atoms with E-state index in [9.17, 15) is 24.3 Å². The van der Waals surface area contributed by atoms with Crippen LogP contribution in [-0.2, 0) is 13.9 Å². The lowest BCUT2D eigenvalue weighted by Crippen LogP contribution is -2.59. The summed E-state index contributed by atoms with van der Waals surface area (Å²) in [5, 5.41) is 19.5. The van der Waals surface area contributed by atoms with Gasteiger partial charge in [0.2, 0.25) is 0 Å². The molecule has 4 aliphatic carbocycles. The molecule has 7 nitrogen and oxygen atoms in total. The van der Waals surface area contributed by atoms with E-state index < -0.39 is 19.9 Å². The van der Waals surface area contributed by atoms with E-state index in [1.165, 1.54) is 0 Å². The average Bonchev–Trinajstić information content (AvgIpc) is 3.03. The maximum absolute atomic E-state index is 11.9. The number of phosphoric ester groups is 1. The van der Waals surface area contributed by atoms with Gasteiger partial charge in [0.25, 0.3) is 0 Å². The van der Waals surface area contributed by atoms with Gasteiger partial charge in [0.05, 0.1) is 12.2 Å². The zero-order valence-corrected chi connectivity index (χ0v) is 20.5. The largest absolute Gasteiger partial charge is 0.481 e. The topological polar surface area (TPSA) is 124 Å². The van der Waals surface area contributed by atoms with Crippen molar-refractivity contribution >= 4 is 13.8 Å². The van der Waals surface area contributed by atoms with Gasteiger partial charge in [-0.15, -0.1) is 0 Å². The first-order chi connectivity index (χ1) is 14.8. The first-order valence-corrected chi connectivity index (χ1v) is 14.0. The molecule has 8 heteroatoms. The zero-order valence-electron chi connectivity index (χ0n) is 19.7. The molecule has 10 atom stereocenters. The molecular weight excluding hydrogens is 431 g/mol. The lowest BCUT2D eigenvalue weighted by molar-refractivity contribution is -0.171. The van der Waals surface area contributed by atoms with Crippen LogP contribution in [-0.4, -0.2) is 38.2 Å². The van der Waals surface area contributed by atoms with Crippen molar-refractivity contribution in [2.75, 3.05) is 0 Å². The molecule has 4 fully saturated rings. The Balaban J connectivity index is 1.64. The summed E-state index contributed by atoms with van der Waals surface area (Å²) in [6.07, 6.45) is 7.27. The zero-order chi connectivity index (χ0) is 23.5. The summed E-state index contributed by atoms with van der Waals surface area (Å²) in [5.41, 5.74) is 0.125. The van der Waals surface area contributed by atoms with Gasteiger partial charge in [-0.25, -0.2) is 4.57 Å². The number of aliphatic hydroxyl groups excluding tert-OH is 1. The molecule has 4 aliphatic rings. The molecule has 0 aromatic carbocycles. The van der Waals surface area contributed by atoms with E-state index in [1.807, 2.05) is 0 Å². The second-order valence-electron chi connectivity index (χ2n) is 11.9. The van der Waals surface area contributed by atoms with Crippen LogP contribution >= 0.6 is 7.82 Å². The summed E-state index contributed by atoms with van der Waals surface area (Å²) >= 11 is 0. The van der Waals surface area contributed by atoms with E-state index in [0.29, 0.717) is 42.9 Å². The lowest BCUT2D eigenvalue weighted by atomic mass is 9.43. The normalized spacial score (nSPS) is 47.2. The summed E-state index contributed by atoms with van der Waals surface area (Å²) in [5.74, 6) is 1.00. The number of hydrogen-bond donors (Lipinski definition) is 4. The van der Waals surface area contributed by atoms with Gasteiger partial charge in [0.1, 0.15) is 0 Å². The molecular formula is C24H41O7P. The van der Waals surface area contributed by atoms with Crippen molar-refractivity contribution in [2.45, 2.75) is 97.2 Å². The number of carbonyl (C=O) groups is 1. The van der Waals surface area contributed by atoms with Crippen LogP contribution in [0.3, 0.4) is 0 Å². The maximum atomic E-state index is 11.9. The monoisotopic (exact) mass is 472 g/mol. The fourth-order valence-electron chi connectivity index (χ4n) is 8.99. The highest BCUT2D eigenvalue weighted by Gasteiger charge is 2.63. The van der Waals surface area contributed by atoms with Crippen molar-refractivity contribution in [1.29, 1.82) is 0 Å². The molecule has 0 bridgehead atoms. The van der Waals surface area contributed by atoms with Crippen molar-refractivity contribution in [1.82, 2.24) is 0 Å². The van der Waals surface area contributed by atoms with Crippen LogP contribution < -0.4 is 0 Å². The van der Waals surface area contributed by atoms with Gasteiger partial charge >= 0.3 is 13.8 Å². The SMILES string of the molecule is C[C@H](CCC(=O)O)[C@H]1CC[C@H]2[C@@H]3[C@@H](OP(=O)(O)O)C[C@@H]4C[C@H](O)CC[C@]4(C)[C@H]3CC[C@]12C. The minimum absolute atomic E-state index is 0.0486. The van der Waals surface area contributed by atoms with Crippen LogP contribution in [0.5, 0.6) is 0 Å². The van der Waals surface area contributed by atoms with Crippen molar-refractivity contribution in [3.05, 3.63) is 0 Å². The highest BCUT2D eigenvalue weighted by atomic mass is 31.2. The number of rotatable bonds is 6. The van der Waals surface area contributed by atoms with Crippen LogP contribution in [0.1, 0.15) is 85.0 Å². The fraction of sp³-hybridized carbons (Fsp3) is 0.958. The molecule has 0 heterocycles. The molecule has 0 aliphatic heterocycles. The number of aliphatic carboxylic acids is 1. The van der Waals surface area contributed by atoms with E-state index in [4.69, 9.17) is 9.63 Å². The smallest absolute Gasteiger partial charge is 0.469 e. The standard InChI is InChI=1S/C24H41O7P/c1-14(4-7-21(26)27)17-5-6-18-22-19(9-11-24(17,18)3)23(2)10-8-16(25)12-15(23)13-20(22)31-32(28,29)30/h14-20,22,25H,4-13H2,1-3H3,(H,26,27)(H2,28,29,30)/t14-,15+,16-,17-,18+,19+,20+,22+,23+,24-/m1/s1. The second kappa shape index (κ2) is 8.64. The average molecular weight is 473 g/mol. The minimum Gasteiger partial charge on any atom is -0.481 e. The molecule has 32 heavy (non-hydrogen) atoms. The molecule has 0 aromatic rings. The first-order valence-electron chi connectivity index (χ1n) is 12.5. The van der Waals surface area contributed by atoms with Crippen LogP contribution in [0.2, 0.25) is 0 Å². The van der Waals surface area contributed by atoms with Gasteiger partial charge < -0.3 is 20.0 Å². The first kappa shape index (κ1) is 24.7. The highest BCUT2D eigenvalue weighted by molar-refractivity contribution is 7.46. The third-order valence-corrected chi connectivity index (χ3v) is 11.0. The maximum Gasteiger partial charge on any atom is 0.469 e. The van der Waals surface area contributed by atoms with Gasteiger partial charge in [-0.2, -0.15) is 0 Å². The van der Waals surface area contributed by atoms with Gasteiger partial charge in [-0.3, -0.25) is 9.32 Å². The summed E-state index contributed by atoms with van der Waals surface area (Å²) < 4.78 is 17.5. The van der Waals surface area contributed by atoms with Gasteiger partial charge in [0, 0.05) is 6.42 Å². The number of fused-ring (bicyclic) bond motifs is 5. The lowest BCUT2D eigenvalue weighted by Gasteiger charge is -2.63. The van der Waals surface area contributed by atoms with Crippen molar-refractivity contribution in [3.63, 3.8) is 0 Å². The molecule has 0 amide bonds. The summed E-state index contributed by atoms with van der Waals surface area (Å²) in [7, 11) is -4.62. The minimum atomic E-state index is -4.62. The number of phosphoric acid groups is 1. The number of aliphatic hydroxyl groups is 1. The number of carboxylic acids is 1. The summed E-state index contributed by atoms with van der Waals surface area (Å²) in [6.45, 7) is 6.87. The van der Waals surface area contributed by atoms with Crippen molar-refractivity contribution < 1.29 is 33.9 Å². The number of hydrogen-bond acceptors (Lipinski definition) is 4. The van der Waals surface area contributed by atoms with E-state index in [-0.39, 0.29) is 35.2 Å². The van der Waals surface area contributed by atoms with Gasteiger partial charge in [-0.1, -0.05) is 20.8 Å². The Morgan fingerprint density at radius 3 is 2.38 bits per heavy atom. The molecule has 4 N–H and O–H groups in total. The molecule has 0 spiro atoms. The van der Waals surface area contributed by atoms with Crippen molar-refractivity contribution in [3.8, 4) is 0 Å². The third-order valence-electron chi connectivity index (χ3n) is 10.5. The molecule has 0 radical (unpaired) electrons. The molecule has 0 unspecified atom stereocenters. The third kappa shape index (κ3) is 4.33. The Kier molecular flexibility index (Phi) is 6.66. The molecule has 0 saturated heterocycles. The van der Waals surface area contributed by atoms with E-state index in [1.54, 1.807) is 0 Å². The van der Waals surface area contributed by atoms with E-state index >= 15 is 0 Å². The molecule has 4 rings (SSSR count). The van der Waals surface area contributed by atoms with Gasteiger partial charge in [0.15, 0.2) is 0 Å². The Hall–Kier alpha value is -0.460. The van der Waals surface area contributed by atoms with E-state index in [0.717, 1.165) is 38.5 Å². The summed E-state index contributed by atoms with van der Waals surface area (Å²) in [4.78, 5) is 30.6. The molecule has 184 valence electrons. The van der Waals surface area contributed by atoms with Gasteiger partial charge in [-0.05, 0) is 104 Å². The van der Waals surface area contributed by atoms with Crippen LogP contribution in [0.25, 0.3) is 0 Å². The Morgan fingerprint density at radius 1 is 1.06 bits per heavy atom. The predicted molar refractivity (Wildman–Crippen MR) is 120 cm³/mol. The Bertz CT molecular complexity index is 767. The van der Waals surface area contributed by atoms with Crippen LogP contribution in [0, 0.1) is 46.3 Å². The summed E-state index contributed by atoms with van der Waals surface area (Å²) in [6, 6.07) is 0. The Labute approximate surface area is 191 Å². The fourth-order valence-corrected chi connectivity index (χ4v) is 9.57. The quantitative estimate of drug-likeness (QED) is 0.417.